The van der Waals surface area contributed by atoms with E-state index in [-0.39, 0.29) is 11.5 Å². The van der Waals surface area contributed by atoms with Crippen molar-refractivity contribution in [1.82, 2.24) is 5.32 Å². The molecule has 0 aliphatic carbocycles. The molecule has 0 spiro atoms. The van der Waals surface area contributed by atoms with E-state index in [1.165, 1.54) is 6.07 Å². The van der Waals surface area contributed by atoms with E-state index in [9.17, 15) is 8.78 Å². The summed E-state index contributed by atoms with van der Waals surface area (Å²) in [6.45, 7) is 1.71. The van der Waals surface area contributed by atoms with Crippen LogP contribution in [0.2, 0.25) is 0 Å². The number of nitriles is 1. The van der Waals surface area contributed by atoms with Crippen LogP contribution in [0, 0.1) is 23.0 Å². The highest BCUT2D eigenvalue weighted by Gasteiger charge is 2.21. The van der Waals surface area contributed by atoms with Crippen LogP contribution in [0.3, 0.4) is 0 Å². The monoisotopic (exact) mass is 222 g/mol. The normalized spacial score (nSPS) is 17.1. The second kappa shape index (κ2) is 4.58. The lowest BCUT2D eigenvalue weighted by Crippen LogP contribution is -2.27. The molecule has 0 aromatic heterocycles. The fourth-order valence-corrected chi connectivity index (χ4v) is 2.15. The van der Waals surface area contributed by atoms with Gasteiger partial charge in [-0.25, -0.2) is 8.78 Å². The van der Waals surface area contributed by atoms with Crippen LogP contribution in [0.1, 0.15) is 29.9 Å². The Morgan fingerprint density at radius 1 is 1.25 bits per heavy atom. The van der Waals surface area contributed by atoms with E-state index in [1.54, 1.807) is 6.07 Å². The first kappa shape index (κ1) is 11.0. The van der Waals surface area contributed by atoms with Crippen molar-refractivity contribution in [3.05, 3.63) is 34.9 Å². The Morgan fingerprint density at radius 2 is 1.94 bits per heavy atom. The molecule has 0 unspecified atom stereocenters. The SMILES string of the molecule is N#Cc1c(C2CCNCC2)ccc(F)c1F. The Kier molecular flexibility index (Phi) is 3.16. The third-order valence-corrected chi connectivity index (χ3v) is 3.02. The summed E-state index contributed by atoms with van der Waals surface area (Å²) in [5.74, 6) is -1.81. The molecule has 16 heavy (non-hydrogen) atoms. The summed E-state index contributed by atoms with van der Waals surface area (Å²) in [5, 5.41) is 12.1. The Morgan fingerprint density at radius 3 is 2.56 bits per heavy atom. The lowest BCUT2D eigenvalue weighted by molar-refractivity contribution is 0.452. The van der Waals surface area contributed by atoms with Gasteiger partial charge in [-0.15, -0.1) is 0 Å². The molecule has 0 atom stereocenters. The van der Waals surface area contributed by atoms with E-state index in [0.717, 1.165) is 32.0 Å². The van der Waals surface area contributed by atoms with Crippen molar-refractivity contribution < 1.29 is 8.78 Å². The van der Waals surface area contributed by atoms with Crippen molar-refractivity contribution in [2.75, 3.05) is 13.1 Å². The highest BCUT2D eigenvalue weighted by atomic mass is 19.2. The van der Waals surface area contributed by atoms with E-state index in [4.69, 9.17) is 5.26 Å². The minimum atomic E-state index is -1.02. The molecule has 1 N–H and O–H groups in total. The molecule has 1 aromatic rings. The second-order valence-electron chi connectivity index (χ2n) is 3.96. The fraction of sp³-hybridized carbons (Fsp3) is 0.417. The number of benzene rings is 1. The van der Waals surface area contributed by atoms with Crippen LogP contribution >= 0.6 is 0 Å². The highest BCUT2D eigenvalue weighted by molar-refractivity contribution is 5.41. The van der Waals surface area contributed by atoms with Gasteiger partial charge in [-0.1, -0.05) is 6.07 Å². The van der Waals surface area contributed by atoms with Crippen molar-refractivity contribution in [1.29, 1.82) is 5.26 Å². The Hall–Kier alpha value is -1.47. The number of hydrogen-bond donors (Lipinski definition) is 1. The van der Waals surface area contributed by atoms with Gasteiger partial charge in [-0.05, 0) is 43.5 Å². The third-order valence-electron chi connectivity index (χ3n) is 3.02. The summed E-state index contributed by atoms with van der Waals surface area (Å²) in [7, 11) is 0. The third kappa shape index (κ3) is 1.91. The van der Waals surface area contributed by atoms with Gasteiger partial charge in [-0.2, -0.15) is 5.26 Å². The standard InChI is InChI=1S/C12H12F2N2/c13-11-2-1-9(10(7-15)12(11)14)8-3-5-16-6-4-8/h1-2,8,16H,3-6H2. The maximum Gasteiger partial charge on any atom is 0.176 e. The van der Waals surface area contributed by atoms with Crippen LogP contribution in [0.5, 0.6) is 0 Å². The van der Waals surface area contributed by atoms with Gasteiger partial charge >= 0.3 is 0 Å². The van der Waals surface area contributed by atoms with E-state index < -0.39 is 11.6 Å². The Labute approximate surface area is 92.9 Å². The fourth-order valence-electron chi connectivity index (χ4n) is 2.15. The zero-order chi connectivity index (χ0) is 11.5. The van der Waals surface area contributed by atoms with Crippen molar-refractivity contribution in [3.63, 3.8) is 0 Å². The zero-order valence-corrected chi connectivity index (χ0v) is 8.76. The van der Waals surface area contributed by atoms with Gasteiger partial charge in [0.2, 0.25) is 0 Å². The molecular weight excluding hydrogens is 210 g/mol. The van der Waals surface area contributed by atoms with Gasteiger partial charge in [0, 0.05) is 0 Å². The Balaban J connectivity index is 2.40. The molecular formula is C12H12F2N2. The van der Waals surface area contributed by atoms with Gasteiger partial charge in [0.05, 0.1) is 5.56 Å². The first-order valence-electron chi connectivity index (χ1n) is 5.32. The van der Waals surface area contributed by atoms with Crippen molar-refractivity contribution in [2.45, 2.75) is 18.8 Å². The quantitative estimate of drug-likeness (QED) is 0.791. The van der Waals surface area contributed by atoms with Crippen LogP contribution in [0.25, 0.3) is 0 Å². The number of nitrogens with zero attached hydrogens (tertiary/aromatic N) is 1. The smallest absolute Gasteiger partial charge is 0.176 e. The minimum Gasteiger partial charge on any atom is -0.317 e. The molecule has 1 aliphatic rings. The molecule has 0 amide bonds. The molecule has 1 saturated heterocycles. The summed E-state index contributed by atoms with van der Waals surface area (Å²) >= 11 is 0. The molecule has 4 heteroatoms. The average Bonchev–Trinajstić information content (AvgIpc) is 2.33. The van der Waals surface area contributed by atoms with E-state index >= 15 is 0 Å². The molecule has 2 rings (SSSR count). The lowest BCUT2D eigenvalue weighted by atomic mass is 9.87. The molecule has 0 bridgehead atoms. The van der Waals surface area contributed by atoms with E-state index in [2.05, 4.69) is 5.32 Å². The summed E-state index contributed by atoms with van der Waals surface area (Å²) in [6.07, 6.45) is 1.72. The van der Waals surface area contributed by atoms with Crippen LogP contribution in [-0.2, 0) is 0 Å². The molecule has 0 saturated carbocycles. The minimum absolute atomic E-state index is 0.132. The summed E-state index contributed by atoms with van der Waals surface area (Å²) in [6, 6.07) is 4.41. The topological polar surface area (TPSA) is 35.8 Å². The van der Waals surface area contributed by atoms with Gasteiger partial charge < -0.3 is 5.32 Å². The number of hydrogen-bond acceptors (Lipinski definition) is 2. The number of nitrogens with one attached hydrogen (secondary N) is 1. The van der Waals surface area contributed by atoms with Gasteiger partial charge in [0.25, 0.3) is 0 Å². The highest BCUT2D eigenvalue weighted by Crippen LogP contribution is 2.29. The summed E-state index contributed by atoms with van der Waals surface area (Å²) in [4.78, 5) is 0. The average molecular weight is 222 g/mol. The summed E-state index contributed by atoms with van der Waals surface area (Å²) < 4.78 is 26.4. The number of halogens is 2. The summed E-state index contributed by atoms with van der Waals surface area (Å²) in [5.41, 5.74) is 0.509. The predicted octanol–water partition coefficient (Wildman–Crippen LogP) is 2.30. The first-order chi connectivity index (χ1) is 7.74. The number of rotatable bonds is 1. The molecule has 0 radical (unpaired) electrons. The molecule has 1 aliphatic heterocycles. The number of piperidine rings is 1. The van der Waals surface area contributed by atoms with Crippen LogP contribution < -0.4 is 5.32 Å². The van der Waals surface area contributed by atoms with Gasteiger partial charge in [-0.3, -0.25) is 0 Å². The molecule has 1 fully saturated rings. The van der Waals surface area contributed by atoms with Crippen molar-refractivity contribution >= 4 is 0 Å². The van der Waals surface area contributed by atoms with Crippen LogP contribution in [0.15, 0.2) is 12.1 Å². The van der Waals surface area contributed by atoms with Crippen LogP contribution in [0.4, 0.5) is 8.78 Å². The molecule has 1 heterocycles. The van der Waals surface area contributed by atoms with Crippen molar-refractivity contribution in [2.24, 2.45) is 0 Å². The predicted molar refractivity (Wildman–Crippen MR) is 55.9 cm³/mol. The second-order valence-corrected chi connectivity index (χ2v) is 3.96. The first-order valence-corrected chi connectivity index (χ1v) is 5.32. The maximum atomic E-state index is 13.4. The van der Waals surface area contributed by atoms with Crippen LogP contribution in [-0.4, -0.2) is 13.1 Å². The Bertz CT molecular complexity index is 431. The molecule has 84 valence electrons. The van der Waals surface area contributed by atoms with Gasteiger partial charge in [0.1, 0.15) is 6.07 Å². The van der Waals surface area contributed by atoms with E-state index in [0.29, 0.717) is 5.56 Å². The van der Waals surface area contributed by atoms with Crippen molar-refractivity contribution in [3.8, 4) is 6.07 Å². The maximum absolute atomic E-state index is 13.4. The van der Waals surface area contributed by atoms with E-state index in [1.807, 2.05) is 0 Å². The largest absolute Gasteiger partial charge is 0.317 e. The lowest BCUT2D eigenvalue weighted by Gasteiger charge is -2.23. The van der Waals surface area contributed by atoms with Gasteiger partial charge in [0.15, 0.2) is 11.6 Å². The molecule has 1 aromatic carbocycles. The zero-order valence-electron chi connectivity index (χ0n) is 8.76. The molecule has 2 nitrogen and oxygen atoms in total.